The molecule has 4 nitrogen and oxygen atoms in total. The van der Waals surface area contributed by atoms with Crippen molar-refractivity contribution in [2.45, 2.75) is 83.9 Å². The Bertz CT molecular complexity index is 865. The molecule has 1 saturated carbocycles. The van der Waals surface area contributed by atoms with E-state index in [0.717, 1.165) is 42.6 Å². The first-order chi connectivity index (χ1) is 15.1. The maximum atomic E-state index is 12.4. The van der Waals surface area contributed by atoms with E-state index < -0.39 is 8.32 Å². The number of hydrogen-bond donors (Lipinski definition) is 0. The average molecular weight is 455 g/mol. The number of carbonyl (C=O) groups is 1. The van der Waals surface area contributed by atoms with Gasteiger partial charge >= 0.3 is 5.97 Å². The second-order valence-electron chi connectivity index (χ2n) is 10.4. The fourth-order valence-electron chi connectivity index (χ4n) is 3.64. The lowest BCUT2D eigenvalue weighted by Gasteiger charge is -2.36. The van der Waals surface area contributed by atoms with Crippen molar-refractivity contribution in [1.82, 2.24) is 0 Å². The van der Waals surface area contributed by atoms with Crippen molar-refractivity contribution in [1.29, 1.82) is 0 Å². The number of esters is 1. The molecule has 1 aliphatic carbocycles. The molecule has 0 aromatic heterocycles. The minimum Gasteiger partial charge on any atom is -0.490 e. The number of ether oxygens (including phenoxy) is 2. The molecular weight excluding hydrogens is 416 g/mol. The normalized spacial score (nSPS) is 19.4. The van der Waals surface area contributed by atoms with Gasteiger partial charge < -0.3 is 13.9 Å². The van der Waals surface area contributed by atoms with Crippen LogP contribution in [-0.2, 0) is 27.2 Å². The molecule has 2 aromatic carbocycles. The van der Waals surface area contributed by atoms with E-state index in [4.69, 9.17) is 13.9 Å². The van der Waals surface area contributed by atoms with E-state index in [1.807, 2.05) is 42.5 Å². The van der Waals surface area contributed by atoms with Crippen molar-refractivity contribution in [3.8, 4) is 5.75 Å². The summed E-state index contributed by atoms with van der Waals surface area (Å²) in [6.07, 6.45) is 3.51. The largest absolute Gasteiger partial charge is 0.490 e. The molecule has 1 aliphatic rings. The van der Waals surface area contributed by atoms with Crippen molar-refractivity contribution in [2.24, 2.45) is 5.92 Å². The molecule has 0 atom stereocenters. The van der Waals surface area contributed by atoms with Gasteiger partial charge in [0.2, 0.25) is 0 Å². The van der Waals surface area contributed by atoms with Crippen molar-refractivity contribution < 1.29 is 18.7 Å². The maximum Gasteiger partial charge on any atom is 0.309 e. The fourth-order valence-corrected chi connectivity index (χ4v) is 4.60. The van der Waals surface area contributed by atoms with Crippen LogP contribution >= 0.6 is 0 Å². The molecule has 0 unspecified atom stereocenters. The maximum absolute atomic E-state index is 12.4. The van der Waals surface area contributed by atoms with Crippen LogP contribution in [-0.4, -0.2) is 20.4 Å². The summed E-state index contributed by atoms with van der Waals surface area (Å²) >= 11 is 0. The highest BCUT2D eigenvalue weighted by Crippen LogP contribution is 2.37. The van der Waals surface area contributed by atoms with Gasteiger partial charge in [-0.15, -0.1) is 0 Å². The second-order valence-corrected chi connectivity index (χ2v) is 15.2. The Hall–Kier alpha value is -2.11. The predicted octanol–water partition coefficient (Wildman–Crippen LogP) is 6.89. The molecule has 1 fully saturated rings. The average Bonchev–Trinajstić information content (AvgIpc) is 2.77. The fraction of sp³-hybridized carbons (Fsp3) is 0.519. The summed E-state index contributed by atoms with van der Waals surface area (Å²) in [7, 11) is -1.78. The zero-order valence-corrected chi connectivity index (χ0v) is 21.2. The Morgan fingerprint density at radius 2 is 1.56 bits per heavy atom. The van der Waals surface area contributed by atoms with Gasteiger partial charge in [-0.1, -0.05) is 63.2 Å². The van der Waals surface area contributed by atoms with E-state index >= 15 is 0 Å². The zero-order chi connectivity index (χ0) is 23.2. The third kappa shape index (κ3) is 6.94. The number of hydrogen-bond acceptors (Lipinski definition) is 4. The van der Waals surface area contributed by atoms with Crippen molar-refractivity contribution in [3.63, 3.8) is 0 Å². The minimum atomic E-state index is -1.78. The van der Waals surface area contributed by atoms with Crippen LogP contribution in [0.15, 0.2) is 54.6 Å². The van der Waals surface area contributed by atoms with Crippen LogP contribution in [0.2, 0.25) is 18.1 Å². The Kier molecular flexibility index (Phi) is 8.18. The van der Waals surface area contributed by atoms with Gasteiger partial charge in [0.25, 0.3) is 0 Å². The molecule has 2 aromatic rings. The summed E-state index contributed by atoms with van der Waals surface area (Å²) in [5, 5.41) is 0.196. The zero-order valence-electron chi connectivity index (χ0n) is 20.2. The van der Waals surface area contributed by atoms with Crippen LogP contribution in [0, 0.1) is 5.92 Å². The number of rotatable bonds is 8. The van der Waals surface area contributed by atoms with Gasteiger partial charge in [0.1, 0.15) is 12.4 Å². The summed E-state index contributed by atoms with van der Waals surface area (Å²) < 4.78 is 18.1. The summed E-state index contributed by atoms with van der Waals surface area (Å²) in [5.74, 6) is 0.774. The highest BCUT2D eigenvalue weighted by Gasteiger charge is 2.37. The summed E-state index contributed by atoms with van der Waals surface area (Å²) in [5.41, 5.74) is 2.17. The summed E-state index contributed by atoms with van der Waals surface area (Å²) in [6.45, 7) is 12.3. The van der Waals surface area contributed by atoms with Crippen LogP contribution in [0.1, 0.15) is 57.6 Å². The molecular formula is C27H38O4Si. The molecule has 3 rings (SSSR count). The first-order valence-corrected chi connectivity index (χ1v) is 14.6. The van der Waals surface area contributed by atoms with Gasteiger partial charge in [-0.25, -0.2) is 0 Å². The standard InChI is InChI=1S/C27H38O4Si/c1-27(2,3)32(4,5)30-20-22-12-9-13-25(18-22)31-24-16-14-23(15-17-24)26(28)29-19-21-10-7-6-8-11-21/h6-13,18,23-24H,14-17,19-20H2,1-5H3. The third-order valence-corrected chi connectivity index (χ3v) is 11.3. The molecule has 0 spiro atoms. The van der Waals surface area contributed by atoms with E-state index in [2.05, 4.69) is 46.0 Å². The van der Waals surface area contributed by atoms with Crippen LogP contribution in [0.5, 0.6) is 5.75 Å². The first-order valence-electron chi connectivity index (χ1n) is 11.7. The molecule has 0 heterocycles. The quantitative estimate of drug-likeness (QED) is 0.322. The first kappa shape index (κ1) is 24.5. The van der Waals surface area contributed by atoms with Crippen LogP contribution in [0.4, 0.5) is 0 Å². The number of benzene rings is 2. The monoisotopic (exact) mass is 454 g/mol. The van der Waals surface area contributed by atoms with Crippen LogP contribution in [0.3, 0.4) is 0 Å². The Morgan fingerprint density at radius 1 is 0.906 bits per heavy atom. The van der Waals surface area contributed by atoms with E-state index in [-0.39, 0.29) is 23.0 Å². The van der Waals surface area contributed by atoms with Gasteiger partial charge in [0.05, 0.1) is 18.6 Å². The lowest BCUT2D eigenvalue weighted by Crippen LogP contribution is -2.40. The molecule has 0 radical (unpaired) electrons. The Labute approximate surface area is 194 Å². The lowest BCUT2D eigenvalue weighted by molar-refractivity contribution is -0.151. The van der Waals surface area contributed by atoms with Crippen LogP contribution in [0.25, 0.3) is 0 Å². The smallest absolute Gasteiger partial charge is 0.309 e. The highest BCUT2D eigenvalue weighted by atomic mass is 28.4. The van der Waals surface area contributed by atoms with E-state index in [1.165, 1.54) is 0 Å². The molecule has 0 saturated heterocycles. The highest BCUT2D eigenvalue weighted by molar-refractivity contribution is 6.74. The number of carbonyl (C=O) groups excluding carboxylic acids is 1. The third-order valence-electron chi connectivity index (χ3n) is 6.84. The Balaban J connectivity index is 1.45. The van der Waals surface area contributed by atoms with Gasteiger partial charge in [-0.2, -0.15) is 0 Å². The predicted molar refractivity (Wildman–Crippen MR) is 131 cm³/mol. The van der Waals surface area contributed by atoms with Crippen LogP contribution < -0.4 is 4.74 Å². The van der Waals surface area contributed by atoms with Gasteiger partial charge in [0.15, 0.2) is 8.32 Å². The molecule has 0 N–H and O–H groups in total. The minimum absolute atomic E-state index is 0.0251. The molecule has 0 bridgehead atoms. The van der Waals surface area contributed by atoms with Crippen molar-refractivity contribution >= 4 is 14.3 Å². The van der Waals surface area contributed by atoms with Gasteiger partial charge in [-0.3, -0.25) is 4.79 Å². The Morgan fingerprint density at radius 3 is 2.22 bits per heavy atom. The second kappa shape index (κ2) is 10.7. The molecule has 0 aliphatic heterocycles. The van der Waals surface area contributed by atoms with E-state index in [9.17, 15) is 4.79 Å². The lowest BCUT2D eigenvalue weighted by atomic mass is 9.87. The summed E-state index contributed by atoms with van der Waals surface area (Å²) in [4.78, 5) is 12.4. The molecule has 174 valence electrons. The van der Waals surface area contributed by atoms with E-state index in [0.29, 0.717) is 13.2 Å². The van der Waals surface area contributed by atoms with Crippen molar-refractivity contribution in [2.75, 3.05) is 0 Å². The van der Waals surface area contributed by atoms with E-state index in [1.54, 1.807) is 0 Å². The SMILES string of the molecule is CC(C)(C)[Si](C)(C)OCc1cccc(OC2CCC(C(=O)OCc3ccccc3)CC2)c1. The topological polar surface area (TPSA) is 44.8 Å². The van der Waals surface area contributed by atoms with Crippen molar-refractivity contribution in [3.05, 3.63) is 65.7 Å². The summed E-state index contributed by atoms with van der Waals surface area (Å²) in [6, 6.07) is 18.1. The van der Waals surface area contributed by atoms with Gasteiger partial charge in [-0.05, 0) is 67.1 Å². The molecule has 32 heavy (non-hydrogen) atoms. The molecule has 5 heteroatoms. The van der Waals surface area contributed by atoms with Gasteiger partial charge in [0, 0.05) is 0 Å². The molecule has 0 amide bonds.